The standard InChI is InChI=1S/C11H19N5O3/c1-3-11(4-2,8-12)14-10(17)7-15-6-9(5-13-15)16(18)19/h5-6H,3-4,7-8,12H2,1-2H3,(H,14,17). The van der Waals surface area contributed by atoms with Gasteiger partial charge in [-0.1, -0.05) is 13.8 Å². The smallest absolute Gasteiger partial charge is 0.307 e. The van der Waals surface area contributed by atoms with E-state index in [1.807, 2.05) is 13.8 Å². The van der Waals surface area contributed by atoms with Crippen molar-refractivity contribution in [1.82, 2.24) is 15.1 Å². The van der Waals surface area contributed by atoms with Gasteiger partial charge in [0.05, 0.1) is 10.5 Å². The summed E-state index contributed by atoms with van der Waals surface area (Å²) in [4.78, 5) is 21.8. The molecule has 0 fully saturated rings. The number of nitrogens with zero attached hydrogens (tertiary/aromatic N) is 3. The molecule has 0 radical (unpaired) electrons. The van der Waals surface area contributed by atoms with Crippen LogP contribution in [0.2, 0.25) is 0 Å². The first-order valence-corrected chi connectivity index (χ1v) is 6.14. The molecule has 0 aliphatic carbocycles. The first kappa shape index (κ1) is 15.1. The molecule has 0 unspecified atom stereocenters. The minimum atomic E-state index is -0.552. The summed E-state index contributed by atoms with van der Waals surface area (Å²) in [5.41, 5.74) is 5.13. The molecule has 0 aliphatic rings. The fourth-order valence-corrected chi connectivity index (χ4v) is 1.78. The van der Waals surface area contributed by atoms with Gasteiger partial charge in [0, 0.05) is 6.54 Å². The summed E-state index contributed by atoms with van der Waals surface area (Å²) in [7, 11) is 0. The number of nitrogens with one attached hydrogen (secondary N) is 1. The van der Waals surface area contributed by atoms with Gasteiger partial charge in [0.15, 0.2) is 0 Å². The van der Waals surface area contributed by atoms with E-state index in [-0.39, 0.29) is 18.1 Å². The first-order chi connectivity index (χ1) is 8.96. The molecule has 1 heterocycles. The van der Waals surface area contributed by atoms with E-state index in [4.69, 9.17) is 5.73 Å². The molecule has 1 rings (SSSR count). The predicted octanol–water partition coefficient (Wildman–Crippen LogP) is 0.425. The topological polar surface area (TPSA) is 116 Å². The molecule has 0 spiro atoms. The molecule has 8 nitrogen and oxygen atoms in total. The zero-order chi connectivity index (χ0) is 14.5. The van der Waals surface area contributed by atoms with E-state index < -0.39 is 10.5 Å². The van der Waals surface area contributed by atoms with Gasteiger partial charge in [0.25, 0.3) is 0 Å². The number of nitrogens with two attached hydrogens (primary N) is 1. The molecule has 106 valence electrons. The largest absolute Gasteiger partial charge is 0.348 e. The third-order valence-electron chi connectivity index (χ3n) is 3.28. The van der Waals surface area contributed by atoms with Gasteiger partial charge >= 0.3 is 5.69 Å². The van der Waals surface area contributed by atoms with Gasteiger partial charge in [0.1, 0.15) is 18.9 Å². The lowest BCUT2D eigenvalue weighted by Gasteiger charge is -2.31. The highest BCUT2D eigenvalue weighted by Crippen LogP contribution is 2.13. The predicted molar refractivity (Wildman–Crippen MR) is 69.4 cm³/mol. The molecular formula is C11H19N5O3. The lowest BCUT2D eigenvalue weighted by molar-refractivity contribution is -0.385. The molecule has 0 saturated carbocycles. The molecule has 0 aromatic carbocycles. The average molecular weight is 269 g/mol. The maximum absolute atomic E-state index is 11.9. The third kappa shape index (κ3) is 3.75. The summed E-state index contributed by atoms with van der Waals surface area (Å²) >= 11 is 0. The Hall–Kier alpha value is -1.96. The second-order valence-corrected chi connectivity index (χ2v) is 4.39. The summed E-state index contributed by atoms with van der Waals surface area (Å²) in [6, 6.07) is 0. The van der Waals surface area contributed by atoms with Crippen LogP contribution in [0.15, 0.2) is 12.4 Å². The quantitative estimate of drug-likeness (QED) is 0.550. The molecule has 8 heteroatoms. The zero-order valence-electron chi connectivity index (χ0n) is 11.1. The van der Waals surface area contributed by atoms with Crippen LogP contribution in [0.25, 0.3) is 0 Å². The Balaban J connectivity index is 2.66. The van der Waals surface area contributed by atoms with Crippen LogP contribution in [0.3, 0.4) is 0 Å². The molecule has 0 saturated heterocycles. The molecule has 0 bridgehead atoms. The monoisotopic (exact) mass is 269 g/mol. The van der Waals surface area contributed by atoms with Crippen molar-refractivity contribution in [2.45, 2.75) is 38.8 Å². The molecular weight excluding hydrogens is 250 g/mol. The molecule has 1 aromatic rings. The molecule has 0 atom stereocenters. The molecule has 19 heavy (non-hydrogen) atoms. The Morgan fingerprint density at radius 3 is 2.63 bits per heavy atom. The van der Waals surface area contributed by atoms with Gasteiger partial charge in [-0.05, 0) is 12.8 Å². The Morgan fingerprint density at radius 2 is 2.21 bits per heavy atom. The van der Waals surface area contributed by atoms with E-state index >= 15 is 0 Å². The number of nitro groups is 1. The number of carbonyl (C=O) groups is 1. The highest BCUT2D eigenvalue weighted by molar-refractivity contribution is 5.76. The van der Waals surface area contributed by atoms with Gasteiger partial charge in [-0.25, -0.2) is 0 Å². The van der Waals surface area contributed by atoms with Gasteiger partial charge in [-0.2, -0.15) is 5.10 Å². The number of hydrogen-bond acceptors (Lipinski definition) is 5. The Labute approximate surface area is 111 Å². The van der Waals surface area contributed by atoms with Crippen LogP contribution in [0.1, 0.15) is 26.7 Å². The van der Waals surface area contributed by atoms with Crippen LogP contribution in [0.4, 0.5) is 5.69 Å². The highest BCUT2D eigenvalue weighted by atomic mass is 16.6. The van der Waals surface area contributed by atoms with Gasteiger partial charge in [-0.3, -0.25) is 19.6 Å². The van der Waals surface area contributed by atoms with E-state index in [0.29, 0.717) is 6.54 Å². The number of rotatable bonds is 7. The van der Waals surface area contributed by atoms with E-state index in [9.17, 15) is 14.9 Å². The number of carbonyl (C=O) groups excluding carboxylic acids is 1. The zero-order valence-corrected chi connectivity index (χ0v) is 11.1. The van der Waals surface area contributed by atoms with Crippen LogP contribution < -0.4 is 11.1 Å². The lowest BCUT2D eigenvalue weighted by Crippen LogP contribution is -2.53. The van der Waals surface area contributed by atoms with E-state index in [2.05, 4.69) is 10.4 Å². The Kier molecular flexibility index (Phi) is 4.99. The highest BCUT2D eigenvalue weighted by Gasteiger charge is 2.26. The van der Waals surface area contributed by atoms with Crippen molar-refractivity contribution in [3.63, 3.8) is 0 Å². The van der Waals surface area contributed by atoms with Crippen molar-refractivity contribution in [2.75, 3.05) is 6.54 Å². The van der Waals surface area contributed by atoms with E-state index in [1.165, 1.54) is 10.9 Å². The summed E-state index contributed by atoms with van der Waals surface area (Å²) in [6.07, 6.45) is 3.79. The van der Waals surface area contributed by atoms with Crippen LogP contribution >= 0.6 is 0 Å². The van der Waals surface area contributed by atoms with Crippen molar-refractivity contribution in [1.29, 1.82) is 0 Å². The van der Waals surface area contributed by atoms with Gasteiger partial charge in [0.2, 0.25) is 5.91 Å². The average Bonchev–Trinajstić information content (AvgIpc) is 2.84. The summed E-state index contributed by atoms with van der Waals surface area (Å²) < 4.78 is 1.24. The van der Waals surface area contributed by atoms with Crippen LogP contribution in [0.5, 0.6) is 0 Å². The maximum Gasteiger partial charge on any atom is 0.307 e. The van der Waals surface area contributed by atoms with Crippen molar-refractivity contribution >= 4 is 11.6 Å². The summed E-state index contributed by atoms with van der Waals surface area (Å²) in [5, 5.41) is 17.1. The van der Waals surface area contributed by atoms with Crippen molar-refractivity contribution in [3.05, 3.63) is 22.5 Å². The normalized spacial score (nSPS) is 11.3. The minimum Gasteiger partial charge on any atom is -0.348 e. The second kappa shape index (κ2) is 6.28. The molecule has 0 aliphatic heterocycles. The van der Waals surface area contributed by atoms with E-state index in [1.54, 1.807) is 0 Å². The Morgan fingerprint density at radius 1 is 1.58 bits per heavy atom. The van der Waals surface area contributed by atoms with Crippen molar-refractivity contribution in [2.24, 2.45) is 5.73 Å². The molecule has 1 aromatic heterocycles. The number of amides is 1. The van der Waals surface area contributed by atoms with Crippen LogP contribution in [-0.4, -0.2) is 32.7 Å². The number of aromatic nitrogens is 2. The van der Waals surface area contributed by atoms with Crippen molar-refractivity contribution in [3.8, 4) is 0 Å². The third-order valence-corrected chi connectivity index (χ3v) is 3.28. The summed E-state index contributed by atoms with van der Waals surface area (Å²) in [6.45, 7) is 4.20. The number of hydrogen-bond donors (Lipinski definition) is 2. The Bertz CT molecular complexity index is 445. The fourth-order valence-electron chi connectivity index (χ4n) is 1.78. The van der Waals surface area contributed by atoms with Gasteiger partial charge < -0.3 is 11.1 Å². The van der Waals surface area contributed by atoms with E-state index in [0.717, 1.165) is 19.0 Å². The second-order valence-electron chi connectivity index (χ2n) is 4.39. The van der Waals surface area contributed by atoms with Gasteiger partial charge in [-0.15, -0.1) is 0 Å². The van der Waals surface area contributed by atoms with Crippen LogP contribution in [-0.2, 0) is 11.3 Å². The molecule has 1 amide bonds. The molecule has 3 N–H and O–H groups in total. The van der Waals surface area contributed by atoms with Crippen molar-refractivity contribution < 1.29 is 9.72 Å². The summed E-state index contributed by atoms with van der Waals surface area (Å²) in [5.74, 6) is -0.257. The lowest BCUT2D eigenvalue weighted by atomic mass is 9.93. The van der Waals surface area contributed by atoms with Crippen LogP contribution in [0, 0.1) is 10.1 Å². The maximum atomic E-state index is 11.9. The SMILES string of the molecule is CCC(CC)(CN)NC(=O)Cn1cc([N+](=O)[O-])cn1. The first-order valence-electron chi connectivity index (χ1n) is 6.14. The minimum absolute atomic E-state index is 0.0599. The fraction of sp³-hybridized carbons (Fsp3) is 0.636.